The number of primary amides is 1. The Kier molecular flexibility index (Phi) is 3.65. The van der Waals surface area contributed by atoms with Crippen LogP contribution in [0.25, 0.3) is 0 Å². The zero-order valence-electron chi connectivity index (χ0n) is 13.0. The minimum atomic E-state index is -0.384. The van der Waals surface area contributed by atoms with Gasteiger partial charge in [0.05, 0.1) is 7.11 Å². The Morgan fingerprint density at radius 1 is 1.05 bits per heavy atom. The Morgan fingerprint density at radius 3 is 1.95 bits per heavy atom. The third-order valence-corrected chi connectivity index (χ3v) is 4.71. The number of nitrogens with two attached hydrogens (primary N) is 1. The largest absolute Gasteiger partial charge is 0.497 e. The number of carbonyl (C=O) groups is 1. The van der Waals surface area contributed by atoms with Crippen LogP contribution in [0.5, 0.6) is 5.75 Å². The number of carbonyl (C=O) groups excluding carboxylic acids is 1. The summed E-state index contributed by atoms with van der Waals surface area (Å²) in [6.45, 7) is 2.32. The van der Waals surface area contributed by atoms with Gasteiger partial charge in [0.2, 0.25) is 5.91 Å². The predicted molar refractivity (Wildman–Crippen MR) is 87.1 cm³/mol. The number of ether oxygens (including phenoxy) is 1. The minimum Gasteiger partial charge on any atom is -0.497 e. The highest BCUT2D eigenvalue weighted by Crippen LogP contribution is 2.58. The summed E-state index contributed by atoms with van der Waals surface area (Å²) in [6, 6.07) is 16.0. The highest BCUT2D eigenvalue weighted by molar-refractivity contribution is 5.92. The van der Waals surface area contributed by atoms with E-state index in [1.165, 1.54) is 24.0 Å². The molecule has 1 fully saturated rings. The quantitative estimate of drug-likeness (QED) is 0.914. The Balaban J connectivity index is 1.97. The molecule has 1 saturated carbocycles. The highest BCUT2D eigenvalue weighted by atomic mass is 16.5. The van der Waals surface area contributed by atoms with E-state index in [4.69, 9.17) is 10.5 Å². The van der Waals surface area contributed by atoms with Crippen LogP contribution in [0.1, 0.15) is 47.2 Å². The summed E-state index contributed by atoms with van der Waals surface area (Å²) in [5, 5.41) is 0. The molecule has 1 atom stereocenters. The first-order chi connectivity index (χ1) is 10.5. The lowest BCUT2D eigenvalue weighted by molar-refractivity contribution is 0.100. The Bertz CT molecular complexity index is 670. The number of methoxy groups -OCH3 is 1. The molecule has 0 aromatic heterocycles. The molecule has 3 rings (SSSR count). The molecule has 0 radical (unpaired) electrons. The molecule has 0 aliphatic heterocycles. The normalized spacial score (nSPS) is 16.8. The fourth-order valence-electron chi connectivity index (χ4n) is 3.12. The van der Waals surface area contributed by atoms with Crippen molar-refractivity contribution in [1.29, 1.82) is 0 Å². The second-order valence-electron chi connectivity index (χ2n) is 6.35. The first-order valence-electron chi connectivity index (χ1n) is 7.57. The van der Waals surface area contributed by atoms with Crippen molar-refractivity contribution in [2.45, 2.75) is 25.7 Å². The van der Waals surface area contributed by atoms with Crippen molar-refractivity contribution in [2.24, 2.45) is 11.1 Å². The molecule has 2 aromatic rings. The van der Waals surface area contributed by atoms with Gasteiger partial charge >= 0.3 is 0 Å². The van der Waals surface area contributed by atoms with Gasteiger partial charge in [0.1, 0.15) is 5.75 Å². The van der Waals surface area contributed by atoms with Crippen molar-refractivity contribution in [3.05, 3.63) is 65.2 Å². The first-order valence-corrected chi connectivity index (χ1v) is 7.57. The van der Waals surface area contributed by atoms with Crippen LogP contribution >= 0.6 is 0 Å². The molecule has 22 heavy (non-hydrogen) atoms. The fraction of sp³-hybridized carbons (Fsp3) is 0.316. The molecule has 0 heterocycles. The van der Waals surface area contributed by atoms with Crippen LogP contribution < -0.4 is 10.5 Å². The SMILES string of the molecule is COc1ccc(C(c2ccc(C(N)=O)cc2)C2(C)CC2)cc1. The van der Waals surface area contributed by atoms with E-state index >= 15 is 0 Å². The van der Waals surface area contributed by atoms with Crippen LogP contribution in [0.3, 0.4) is 0 Å². The van der Waals surface area contributed by atoms with Crippen LogP contribution in [0, 0.1) is 5.41 Å². The lowest BCUT2D eigenvalue weighted by Gasteiger charge is -2.25. The monoisotopic (exact) mass is 295 g/mol. The van der Waals surface area contributed by atoms with E-state index in [1.807, 2.05) is 36.4 Å². The molecule has 0 saturated heterocycles. The van der Waals surface area contributed by atoms with Gasteiger partial charge in [0.15, 0.2) is 0 Å². The predicted octanol–water partition coefficient (Wildman–Crippen LogP) is 3.73. The summed E-state index contributed by atoms with van der Waals surface area (Å²) in [5.41, 5.74) is 8.69. The van der Waals surface area contributed by atoms with Gasteiger partial charge in [-0.2, -0.15) is 0 Å². The molecule has 1 aliphatic carbocycles. The third kappa shape index (κ3) is 2.71. The van der Waals surface area contributed by atoms with Gasteiger partial charge in [-0.05, 0) is 53.6 Å². The maximum absolute atomic E-state index is 11.2. The van der Waals surface area contributed by atoms with Crippen molar-refractivity contribution in [2.75, 3.05) is 7.11 Å². The zero-order chi connectivity index (χ0) is 15.7. The summed E-state index contributed by atoms with van der Waals surface area (Å²) in [6.07, 6.45) is 2.45. The topological polar surface area (TPSA) is 52.3 Å². The molecule has 2 N–H and O–H groups in total. The van der Waals surface area contributed by atoms with Gasteiger partial charge in [-0.15, -0.1) is 0 Å². The Morgan fingerprint density at radius 2 is 1.55 bits per heavy atom. The van der Waals surface area contributed by atoms with Crippen LogP contribution in [0.15, 0.2) is 48.5 Å². The standard InChI is InChI=1S/C19H21NO2/c1-19(11-12-19)17(14-7-9-16(22-2)10-8-14)13-3-5-15(6-4-13)18(20)21/h3-10,17H,11-12H2,1-2H3,(H2,20,21). The molecule has 2 aromatic carbocycles. The van der Waals surface area contributed by atoms with Gasteiger partial charge in [-0.1, -0.05) is 31.2 Å². The van der Waals surface area contributed by atoms with Crippen molar-refractivity contribution in [3.8, 4) is 5.75 Å². The molecule has 114 valence electrons. The second kappa shape index (κ2) is 5.48. The second-order valence-corrected chi connectivity index (χ2v) is 6.35. The average molecular weight is 295 g/mol. The Hall–Kier alpha value is -2.29. The van der Waals surface area contributed by atoms with Crippen LogP contribution in [0.4, 0.5) is 0 Å². The van der Waals surface area contributed by atoms with Crippen LogP contribution in [-0.2, 0) is 0 Å². The molecular formula is C19H21NO2. The number of amides is 1. The van der Waals surface area contributed by atoms with E-state index in [2.05, 4.69) is 19.1 Å². The highest BCUT2D eigenvalue weighted by Gasteiger charge is 2.46. The van der Waals surface area contributed by atoms with E-state index in [9.17, 15) is 4.79 Å². The lowest BCUT2D eigenvalue weighted by Crippen LogP contribution is -2.14. The molecule has 3 heteroatoms. The molecule has 0 bridgehead atoms. The summed E-state index contributed by atoms with van der Waals surface area (Å²) in [5.74, 6) is 0.818. The molecule has 1 aliphatic rings. The molecule has 1 unspecified atom stereocenters. The van der Waals surface area contributed by atoms with Gasteiger partial charge in [-0.25, -0.2) is 0 Å². The van der Waals surface area contributed by atoms with Gasteiger partial charge < -0.3 is 10.5 Å². The summed E-state index contributed by atoms with van der Waals surface area (Å²) in [7, 11) is 1.68. The number of benzene rings is 2. The van der Waals surface area contributed by atoms with E-state index in [0.29, 0.717) is 16.9 Å². The van der Waals surface area contributed by atoms with Gasteiger partial charge in [-0.3, -0.25) is 4.79 Å². The fourth-order valence-corrected chi connectivity index (χ4v) is 3.12. The number of hydrogen-bond donors (Lipinski definition) is 1. The van der Waals surface area contributed by atoms with Gasteiger partial charge in [0.25, 0.3) is 0 Å². The van der Waals surface area contributed by atoms with E-state index in [0.717, 1.165) is 5.75 Å². The Labute approximate surface area is 131 Å². The number of hydrogen-bond acceptors (Lipinski definition) is 2. The number of rotatable bonds is 5. The smallest absolute Gasteiger partial charge is 0.248 e. The summed E-state index contributed by atoms with van der Waals surface area (Å²) in [4.78, 5) is 11.2. The lowest BCUT2D eigenvalue weighted by atomic mass is 9.79. The van der Waals surface area contributed by atoms with Crippen molar-refractivity contribution >= 4 is 5.91 Å². The minimum absolute atomic E-state index is 0.294. The maximum Gasteiger partial charge on any atom is 0.248 e. The molecular weight excluding hydrogens is 274 g/mol. The van der Waals surface area contributed by atoms with E-state index < -0.39 is 0 Å². The first kappa shape index (κ1) is 14.6. The third-order valence-electron chi connectivity index (χ3n) is 4.71. The van der Waals surface area contributed by atoms with Crippen molar-refractivity contribution in [1.82, 2.24) is 0 Å². The van der Waals surface area contributed by atoms with E-state index in [1.54, 1.807) is 7.11 Å². The maximum atomic E-state index is 11.2. The summed E-state index contributed by atoms with van der Waals surface area (Å²) < 4.78 is 5.25. The van der Waals surface area contributed by atoms with Crippen LogP contribution in [-0.4, -0.2) is 13.0 Å². The summed E-state index contributed by atoms with van der Waals surface area (Å²) >= 11 is 0. The molecule has 1 amide bonds. The molecule has 3 nitrogen and oxygen atoms in total. The molecule has 0 spiro atoms. The zero-order valence-corrected chi connectivity index (χ0v) is 13.0. The van der Waals surface area contributed by atoms with E-state index in [-0.39, 0.29) is 5.91 Å². The van der Waals surface area contributed by atoms with Crippen molar-refractivity contribution < 1.29 is 9.53 Å². The van der Waals surface area contributed by atoms with Crippen LogP contribution in [0.2, 0.25) is 0 Å². The van der Waals surface area contributed by atoms with Crippen molar-refractivity contribution in [3.63, 3.8) is 0 Å². The average Bonchev–Trinajstić information content (AvgIpc) is 3.27. The van der Waals surface area contributed by atoms with Gasteiger partial charge in [0, 0.05) is 11.5 Å².